The number of pyridine rings is 1. The van der Waals surface area contributed by atoms with Crippen LogP contribution < -0.4 is 10.1 Å². The number of benzene rings is 2. The number of rotatable bonds is 2. The van der Waals surface area contributed by atoms with Crippen LogP contribution >= 0.6 is 0 Å². The van der Waals surface area contributed by atoms with Crippen LogP contribution in [0.3, 0.4) is 0 Å². The number of fused-ring (bicyclic) bond motifs is 4. The van der Waals surface area contributed by atoms with Crippen molar-refractivity contribution in [1.82, 2.24) is 4.98 Å². The lowest BCUT2D eigenvalue weighted by Gasteiger charge is -2.35. The van der Waals surface area contributed by atoms with Gasteiger partial charge in [0, 0.05) is 40.4 Å². The van der Waals surface area contributed by atoms with Gasteiger partial charge in [-0.3, -0.25) is 9.78 Å². The van der Waals surface area contributed by atoms with Crippen LogP contribution in [-0.2, 0) is 4.79 Å². The maximum atomic E-state index is 13.0. The summed E-state index contributed by atoms with van der Waals surface area (Å²) < 4.78 is 5.59. The summed E-state index contributed by atoms with van der Waals surface area (Å²) in [6.45, 7) is 0. The highest BCUT2D eigenvalue weighted by Crippen LogP contribution is 2.48. The third kappa shape index (κ3) is 2.44. The SMILES string of the molecule is COc1ccccc1[C@@H]1Nc2ccc3ncccc3c2C2=C1C(=O)CCC2. The fraction of sp³-hybridized carbons (Fsp3) is 0.217. The number of ketones is 1. The van der Waals surface area contributed by atoms with Gasteiger partial charge in [0.05, 0.1) is 18.7 Å². The summed E-state index contributed by atoms with van der Waals surface area (Å²) >= 11 is 0. The van der Waals surface area contributed by atoms with Crippen molar-refractivity contribution >= 4 is 27.9 Å². The molecule has 3 aromatic rings. The van der Waals surface area contributed by atoms with Crippen molar-refractivity contribution in [1.29, 1.82) is 0 Å². The summed E-state index contributed by atoms with van der Waals surface area (Å²) in [5.74, 6) is 1.03. The summed E-state index contributed by atoms with van der Waals surface area (Å²) in [6.07, 6.45) is 4.22. The minimum absolute atomic E-state index is 0.189. The Bertz CT molecular complexity index is 1100. The number of hydrogen-bond donors (Lipinski definition) is 1. The van der Waals surface area contributed by atoms with Crippen LogP contribution in [0.25, 0.3) is 16.5 Å². The van der Waals surface area contributed by atoms with E-state index in [1.807, 2.05) is 42.6 Å². The molecule has 1 atom stereocenters. The normalized spacial score (nSPS) is 18.7. The molecule has 1 aromatic heterocycles. The molecule has 0 saturated carbocycles. The van der Waals surface area contributed by atoms with E-state index < -0.39 is 0 Å². The zero-order valence-electron chi connectivity index (χ0n) is 15.2. The van der Waals surface area contributed by atoms with Crippen LogP contribution in [0, 0.1) is 0 Å². The Kier molecular flexibility index (Phi) is 3.71. The van der Waals surface area contributed by atoms with Gasteiger partial charge in [0.25, 0.3) is 0 Å². The van der Waals surface area contributed by atoms with Crippen molar-refractivity contribution in [3.05, 3.63) is 71.4 Å². The number of ether oxygens (including phenoxy) is 1. The summed E-state index contributed by atoms with van der Waals surface area (Å²) in [7, 11) is 1.67. The first kappa shape index (κ1) is 16.1. The van der Waals surface area contributed by atoms with Gasteiger partial charge >= 0.3 is 0 Å². The quantitative estimate of drug-likeness (QED) is 0.708. The van der Waals surface area contributed by atoms with Gasteiger partial charge in [-0.1, -0.05) is 24.3 Å². The molecule has 2 aromatic carbocycles. The average Bonchev–Trinajstić information content (AvgIpc) is 2.73. The number of nitrogens with zero attached hydrogens (tertiary/aromatic N) is 1. The number of carbonyl (C=O) groups is 1. The van der Waals surface area contributed by atoms with Gasteiger partial charge in [-0.25, -0.2) is 0 Å². The Labute approximate surface area is 157 Å². The predicted octanol–water partition coefficient (Wildman–Crippen LogP) is 4.92. The van der Waals surface area contributed by atoms with Gasteiger partial charge < -0.3 is 10.1 Å². The third-order valence-electron chi connectivity index (χ3n) is 5.58. The van der Waals surface area contributed by atoms with E-state index in [2.05, 4.69) is 22.4 Å². The Hall–Kier alpha value is -3.14. The highest BCUT2D eigenvalue weighted by Gasteiger charge is 2.36. The highest BCUT2D eigenvalue weighted by molar-refractivity contribution is 6.12. The van der Waals surface area contributed by atoms with Crippen LogP contribution in [0.5, 0.6) is 5.75 Å². The number of carbonyl (C=O) groups excluding carboxylic acids is 1. The molecule has 0 unspecified atom stereocenters. The molecule has 0 saturated heterocycles. The van der Waals surface area contributed by atoms with E-state index in [1.54, 1.807) is 7.11 Å². The zero-order valence-corrected chi connectivity index (χ0v) is 15.2. The minimum atomic E-state index is -0.189. The molecule has 2 heterocycles. The van der Waals surface area contributed by atoms with E-state index in [4.69, 9.17) is 4.74 Å². The van der Waals surface area contributed by atoms with Crippen molar-refractivity contribution in [2.24, 2.45) is 0 Å². The number of anilines is 1. The molecular formula is C23H20N2O2. The topological polar surface area (TPSA) is 51.2 Å². The summed E-state index contributed by atoms with van der Waals surface area (Å²) in [4.78, 5) is 17.5. The van der Waals surface area contributed by atoms with Crippen LogP contribution in [0.4, 0.5) is 5.69 Å². The lowest BCUT2D eigenvalue weighted by Crippen LogP contribution is -2.27. The number of Topliss-reactive ketones (excluding diaryl/α,β-unsaturated/α-hetero) is 1. The van der Waals surface area contributed by atoms with Crippen molar-refractivity contribution in [2.75, 3.05) is 12.4 Å². The van der Waals surface area contributed by atoms with E-state index in [-0.39, 0.29) is 11.8 Å². The molecule has 2 aliphatic rings. The molecule has 5 rings (SSSR count). The van der Waals surface area contributed by atoms with Crippen molar-refractivity contribution in [3.8, 4) is 5.75 Å². The van der Waals surface area contributed by atoms with E-state index in [1.165, 1.54) is 0 Å². The summed E-state index contributed by atoms with van der Waals surface area (Å²) in [5.41, 5.74) is 6.19. The molecule has 4 heteroatoms. The average molecular weight is 356 g/mol. The second kappa shape index (κ2) is 6.23. The molecule has 1 aliphatic carbocycles. The van der Waals surface area contributed by atoms with Gasteiger partial charge in [-0.2, -0.15) is 0 Å². The molecule has 0 fully saturated rings. The van der Waals surface area contributed by atoms with Gasteiger partial charge in [0.15, 0.2) is 5.78 Å². The summed E-state index contributed by atoms with van der Waals surface area (Å²) in [5, 5.41) is 4.72. The van der Waals surface area contributed by atoms with Crippen LogP contribution in [0.2, 0.25) is 0 Å². The lowest BCUT2D eigenvalue weighted by molar-refractivity contribution is -0.116. The minimum Gasteiger partial charge on any atom is -0.496 e. The summed E-state index contributed by atoms with van der Waals surface area (Å²) in [6, 6.07) is 15.9. The van der Waals surface area contributed by atoms with Crippen LogP contribution in [0.15, 0.2) is 60.3 Å². The molecule has 27 heavy (non-hydrogen) atoms. The maximum absolute atomic E-state index is 13.0. The Morgan fingerprint density at radius 3 is 2.85 bits per heavy atom. The van der Waals surface area contributed by atoms with Crippen LogP contribution in [0.1, 0.15) is 36.4 Å². The molecule has 0 radical (unpaired) electrons. The Morgan fingerprint density at radius 1 is 1.07 bits per heavy atom. The zero-order chi connectivity index (χ0) is 18.4. The number of para-hydroxylation sites is 1. The smallest absolute Gasteiger partial charge is 0.161 e. The second-order valence-corrected chi connectivity index (χ2v) is 7.05. The van der Waals surface area contributed by atoms with Crippen molar-refractivity contribution < 1.29 is 9.53 Å². The van der Waals surface area contributed by atoms with Crippen LogP contribution in [-0.4, -0.2) is 17.9 Å². The number of hydrogen-bond acceptors (Lipinski definition) is 4. The molecule has 4 nitrogen and oxygen atoms in total. The molecule has 0 amide bonds. The number of nitrogens with one attached hydrogen (secondary N) is 1. The van der Waals surface area contributed by atoms with E-state index >= 15 is 0 Å². The first-order valence-corrected chi connectivity index (χ1v) is 9.31. The molecular weight excluding hydrogens is 336 g/mol. The molecule has 0 bridgehead atoms. The van der Waals surface area contributed by atoms with Crippen molar-refractivity contribution in [3.63, 3.8) is 0 Å². The largest absolute Gasteiger partial charge is 0.496 e. The Balaban J connectivity index is 1.80. The van der Waals surface area contributed by atoms with Gasteiger partial charge in [0.1, 0.15) is 5.75 Å². The number of aromatic nitrogens is 1. The van der Waals surface area contributed by atoms with Crippen molar-refractivity contribution in [2.45, 2.75) is 25.3 Å². The fourth-order valence-corrected chi connectivity index (χ4v) is 4.42. The molecule has 1 N–H and O–H groups in total. The molecule has 134 valence electrons. The lowest BCUT2D eigenvalue weighted by atomic mass is 9.77. The fourth-order valence-electron chi connectivity index (χ4n) is 4.42. The standard InChI is InChI=1S/C23H20N2O2/c1-27-20-10-3-2-6-15(20)23-22-16(7-4-9-19(22)26)21-14-8-5-13-24-17(14)11-12-18(21)25-23/h2-3,5-6,8,10-13,23,25H,4,7,9H2,1H3/t23-/m0/s1. The highest BCUT2D eigenvalue weighted by atomic mass is 16.5. The van der Waals surface area contributed by atoms with Gasteiger partial charge in [0.2, 0.25) is 0 Å². The van der Waals surface area contributed by atoms with E-state index in [0.717, 1.165) is 57.5 Å². The second-order valence-electron chi connectivity index (χ2n) is 7.05. The first-order valence-electron chi connectivity index (χ1n) is 9.31. The monoisotopic (exact) mass is 356 g/mol. The molecule has 0 spiro atoms. The van der Waals surface area contributed by atoms with Gasteiger partial charge in [-0.05, 0) is 42.7 Å². The van der Waals surface area contributed by atoms with Gasteiger partial charge in [-0.15, -0.1) is 0 Å². The van der Waals surface area contributed by atoms with E-state index in [9.17, 15) is 4.79 Å². The number of allylic oxidation sites excluding steroid dienone is 1. The third-order valence-corrected chi connectivity index (χ3v) is 5.58. The molecule has 1 aliphatic heterocycles. The number of methoxy groups -OCH3 is 1. The maximum Gasteiger partial charge on any atom is 0.161 e. The Morgan fingerprint density at radius 2 is 1.96 bits per heavy atom. The predicted molar refractivity (Wildman–Crippen MR) is 107 cm³/mol. The van der Waals surface area contributed by atoms with E-state index in [0.29, 0.717) is 6.42 Å². The first-order chi connectivity index (χ1) is 13.3.